The molecular formula is C25H34F5NO6. The minimum absolute atomic E-state index is 0.0362. The van der Waals surface area contributed by atoms with Crippen LogP contribution in [0.15, 0.2) is 24.3 Å². The van der Waals surface area contributed by atoms with E-state index in [1.807, 2.05) is 0 Å². The van der Waals surface area contributed by atoms with Crippen LogP contribution in [0, 0.1) is 0 Å². The number of unbranched alkanes of at least 4 members (excludes halogenated alkanes) is 1. The van der Waals surface area contributed by atoms with Crippen molar-refractivity contribution in [1.82, 2.24) is 4.90 Å². The molecule has 7 nitrogen and oxygen atoms in total. The molecule has 2 rings (SSSR count). The lowest BCUT2D eigenvalue weighted by Crippen LogP contribution is -2.38. The zero-order valence-electron chi connectivity index (χ0n) is 20.8. The van der Waals surface area contributed by atoms with Crippen molar-refractivity contribution in [3.05, 3.63) is 29.8 Å². The van der Waals surface area contributed by atoms with Gasteiger partial charge >= 0.3 is 24.2 Å². The van der Waals surface area contributed by atoms with Crippen LogP contribution in [-0.2, 0) is 20.7 Å². The number of ether oxygens (including phenoxy) is 3. The SMILES string of the molecule is CCOC(Cc1ccc(OCCN(CCCCC(F)(F)C(F)(F)F)C(=O)OC2CCCC2)cc1)C(=O)O. The first kappa shape index (κ1) is 30.6. The molecule has 210 valence electrons. The van der Waals surface area contributed by atoms with E-state index in [0.717, 1.165) is 31.2 Å². The highest BCUT2D eigenvalue weighted by Crippen LogP contribution is 2.39. The van der Waals surface area contributed by atoms with Crippen LogP contribution in [0.5, 0.6) is 5.75 Å². The van der Waals surface area contributed by atoms with Crippen LogP contribution < -0.4 is 4.74 Å². The molecule has 1 aromatic carbocycles. The molecule has 1 saturated carbocycles. The van der Waals surface area contributed by atoms with Crippen LogP contribution in [0.4, 0.5) is 26.7 Å². The summed E-state index contributed by atoms with van der Waals surface area (Å²) < 4.78 is 79.8. The van der Waals surface area contributed by atoms with Crippen LogP contribution in [0.2, 0.25) is 0 Å². The van der Waals surface area contributed by atoms with Gasteiger partial charge in [-0.15, -0.1) is 0 Å². The number of carbonyl (C=O) groups is 2. The molecule has 1 aliphatic rings. The number of alkyl halides is 5. The average molecular weight is 540 g/mol. The van der Waals surface area contributed by atoms with Gasteiger partial charge in [0.2, 0.25) is 0 Å². The van der Waals surface area contributed by atoms with Gasteiger partial charge in [-0.3, -0.25) is 0 Å². The number of amides is 1. The quantitative estimate of drug-likeness (QED) is 0.223. The number of carboxylic acids is 1. The molecule has 1 N–H and O–H groups in total. The first-order valence-corrected chi connectivity index (χ1v) is 12.4. The number of benzene rings is 1. The third kappa shape index (κ3) is 10.3. The Kier molecular flexibility index (Phi) is 11.9. The summed E-state index contributed by atoms with van der Waals surface area (Å²) in [4.78, 5) is 25.1. The zero-order chi connectivity index (χ0) is 27.5. The summed E-state index contributed by atoms with van der Waals surface area (Å²) in [5.74, 6) is -5.38. The van der Waals surface area contributed by atoms with E-state index < -0.39 is 43.1 Å². The Bertz CT molecular complexity index is 843. The molecule has 1 amide bonds. The van der Waals surface area contributed by atoms with E-state index in [1.54, 1.807) is 31.2 Å². The predicted octanol–water partition coefficient (Wildman–Crippen LogP) is 5.85. The first-order chi connectivity index (χ1) is 17.4. The van der Waals surface area contributed by atoms with Crippen LogP contribution in [-0.4, -0.2) is 72.7 Å². The van der Waals surface area contributed by atoms with E-state index in [9.17, 15) is 36.6 Å². The Hall–Kier alpha value is -2.63. The number of aliphatic carboxylic acids is 1. The van der Waals surface area contributed by atoms with E-state index in [0.29, 0.717) is 5.75 Å². The summed E-state index contributed by atoms with van der Waals surface area (Å²) in [5.41, 5.74) is 0.727. The molecule has 0 spiro atoms. The largest absolute Gasteiger partial charge is 0.492 e. The molecule has 37 heavy (non-hydrogen) atoms. The molecule has 0 bridgehead atoms. The minimum Gasteiger partial charge on any atom is -0.492 e. The van der Waals surface area contributed by atoms with Gasteiger partial charge in [0.1, 0.15) is 18.5 Å². The van der Waals surface area contributed by atoms with Gasteiger partial charge in [0.15, 0.2) is 6.10 Å². The van der Waals surface area contributed by atoms with Crippen molar-refractivity contribution in [3.63, 3.8) is 0 Å². The van der Waals surface area contributed by atoms with Crippen molar-refractivity contribution in [2.45, 2.75) is 82.6 Å². The van der Waals surface area contributed by atoms with Crippen LogP contribution >= 0.6 is 0 Å². The fourth-order valence-electron chi connectivity index (χ4n) is 3.94. The fourth-order valence-corrected chi connectivity index (χ4v) is 3.94. The van der Waals surface area contributed by atoms with E-state index in [1.165, 1.54) is 4.90 Å². The standard InChI is InChI=1S/C25H34F5NO6/c1-2-35-21(22(32)33)17-18-9-11-19(12-10-18)36-16-15-31(23(34)37-20-7-3-4-8-20)14-6-5-13-24(26,27)25(28,29)30/h9-12,20-21H,2-8,13-17H2,1H3,(H,32,33). The molecule has 1 fully saturated rings. The van der Waals surface area contributed by atoms with Gasteiger partial charge < -0.3 is 24.2 Å². The molecule has 0 saturated heterocycles. The maximum Gasteiger partial charge on any atom is 0.453 e. The molecule has 1 aromatic rings. The van der Waals surface area contributed by atoms with Crippen LogP contribution in [0.1, 0.15) is 57.4 Å². The molecule has 0 radical (unpaired) electrons. The lowest BCUT2D eigenvalue weighted by molar-refractivity contribution is -0.284. The molecule has 1 atom stereocenters. The number of halogens is 5. The number of carbonyl (C=O) groups excluding carboxylic acids is 1. The molecule has 0 aliphatic heterocycles. The highest BCUT2D eigenvalue weighted by molar-refractivity contribution is 5.72. The Morgan fingerprint density at radius 3 is 2.27 bits per heavy atom. The molecule has 1 unspecified atom stereocenters. The van der Waals surface area contributed by atoms with Gasteiger partial charge in [-0.25, -0.2) is 9.59 Å². The minimum atomic E-state index is -5.60. The highest BCUT2D eigenvalue weighted by Gasteiger charge is 2.56. The summed E-state index contributed by atoms with van der Waals surface area (Å²) in [6.45, 7) is 2.01. The fraction of sp³-hybridized carbons (Fsp3) is 0.680. The highest BCUT2D eigenvalue weighted by atomic mass is 19.4. The van der Waals surface area contributed by atoms with Crippen LogP contribution in [0.3, 0.4) is 0 Å². The normalized spacial score (nSPS) is 15.4. The number of carboxylic acid groups (broad SMARTS) is 1. The van der Waals surface area contributed by atoms with E-state index in [4.69, 9.17) is 14.2 Å². The first-order valence-electron chi connectivity index (χ1n) is 12.4. The predicted molar refractivity (Wildman–Crippen MR) is 124 cm³/mol. The molecule has 0 aromatic heterocycles. The summed E-state index contributed by atoms with van der Waals surface area (Å²) >= 11 is 0. The van der Waals surface area contributed by atoms with E-state index >= 15 is 0 Å². The summed E-state index contributed by atoms with van der Waals surface area (Å²) in [6, 6.07) is 6.66. The molecule has 12 heteroatoms. The van der Waals surface area contributed by atoms with Crippen molar-refractivity contribution in [2.24, 2.45) is 0 Å². The van der Waals surface area contributed by atoms with Gasteiger partial charge in [0.05, 0.1) is 6.54 Å². The Balaban J connectivity index is 1.88. The van der Waals surface area contributed by atoms with Gasteiger partial charge in [-0.2, -0.15) is 22.0 Å². The van der Waals surface area contributed by atoms with Gasteiger partial charge in [0, 0.05) is 26.0 Å². The van der Waals surface area contributed by atoms with Crippen LogP contribution in [0.25, 0.3) is 0 Å². The second kappa shape index (κ2) is 14.3. The summed E-state index contributed by atoms with van der Waals surface area (Å²) in [6.07, 6.45) is -5.77. The molecular weight excluding hydrogens is 505 g/mol. The lowest BCUT2D eigenvalue weighted by Gasteiger charge is -2.25. The maximum atomic E-state index is 13.2. The second-order valence-corrected chi connectivity index (χ2v) is 8.92. The number of nitrogens with zero attached hydrogens (tertiary/aromatic N) is 1. The second-order valence-electron chi connectivity index (χ2n) is 8.92. The Morgan fingerprint density at radius 1 is 1.05 bits per heavy atom. The van der Waals surface area contributed by atoms with Crippen molar-refractivity contribution < 1.29 is 50.9 Å². The lowest BCUT2D eigenvalue weighted by atomic mass is 10.1. The monoisotopic (exact) mass is 539 g/mol. The van der Waals surface area contributed by atoms with Crippen molar-refractivity contribution in [2.75, 3.05) is 26.3 Å². The number of hydrogen-bond donors (Lipinski definition) is 1. The van der Waals surface area contributed by atoms with Crippen molar-refractivity contribution in [1.29, 1.82) is 0 Å². The van der Waals surface area contributed by atoms with Crippen molar-refractivity contribution >= 4 is 12.1 Å². The van der Waals surface area contributed by atoms with Crippen molar-refractivity contribution in [3.8, 4) is 5.75 Å². The number of hydrogen-bond acceptors (Lipinski definition) is 5. The smallest absolute Gasteiger partial charge is 0.453 e. The third-order valence-electron chi connectivity index (χ3n) is 6.03. The Morgan fingerprint density at radius 2 is 1.70 bits per heavy atom. The van der Waals surface area contributed by atoms with E-state index in [-0.39, 0.29) is 45.2 Å². The molecule has 0 heterocycles. The van der Waals surface area contributed by atoms with Gasteiger partial charge in [0.25, 0.3) is 0 Å². The van der Waals surface area contributed by atoms with E-state index in [2.05, 4.69) is 0 Å². The third-order valence-corrected chi connectivity index (χ3v) is 6.03. The topological polar surface area (TPSA) is 85.3 Å². The summed E-state index contributed by atoms with van der Waals surface area (Å²) in [5, 5.41) is 9.20. The average Bonchev–Trinajstić information content (AvgIpc) is 3.33. The zero-order valence-corrected chi connectivity index (χ0v) is 20.8. The van der Waals surface area contributed by atoms with Gasteiger partial charge in [-0.05, 0) is 63.1 Å². The molecule has 1 aliphatic carbocycles. The Labute approximate surface area is 212 Å². The van der Waals surface area contributed by atoms with Gasteiger partial charge in [-0.1, -0.05) is 12.1 Å². The maximum absolute atomic E-state index is 13.2. The number of rotatable bonds is 15. The summed E-state index contributed by atoms with van der Waals surface area (Å²) in [7, 11) is 0.